The molecule has 1 aliphatic rings. The standard InChI is InChI=1S/C12H26N2O2S2/c1-12(2,10-13)5-4-6-14-7-8-17-9-11(14)18(3,15)16/h11H,4-10,13H2,1-3H3. The molecule has 0 amide bonds. The summed E-state index contributed by atoms with van der Waals surface area (Å²) in [6.45, 7) is 6.74. The molecule has 0 aromatic rings. The van der Waals surface area contributed by atoms with Crippen molar-refractivity contribution in [1.82, 2.24) is 4.90 Å². The van der Waals surface area contributed by atoms with Gasteiger partial charge in [-0.2, -0.15) is 11.8 Å². The number of hydrogen-bond acceptors (Lipinski definition) is 5. The monoisotopic (exact) mass is 294 g/mol. The molecule has 1 unspecified atom stereocenters. The van der Waals surface area contributed by atoms with Crippen LogP contribution in [0.15, 0.2) is 0 Å². The van der Waals surface area contributed by atoms with E-state index in [1.807, 2.05) is 0 Å². The van der Waals surface area contributed by atoms with E-state index in [1.165, 1.54) is 6.26 Å². The molecule has 0 radical (unpaired) electrons. The summed E-state index contributed by atoms with van der Waals surface area (Å²) in [5.41, 5.74) is 5.87. The van der Waals surface area contributed by atoms with E-state index in [1.54, 1.807) is 11.8 Å². The minimum atomic E-state index is -2.97. The first-order valence-electron chi connectivity index (χ1n) is 6.47. The van der Waals surface area contributed by atoms with Gasteiger partial charge in [-0.15, -0.1) is 0 Å². The van der Waals surface area contributed by atoms with Crippen molar-refractivity contribution in [1.29, 1.82) is 0 Å². The second kappa shape index (κ2) is 6.59. The Labute approximate surface area is 116 Å². The SMILES string of the molecule is CC(C)(CN)CCCN1CCSCC1S(C)(=O)=O. The average molecular weight is 294 g/mol. The summed E-state index contributed by atoms with van der Waals surface area (Å²) < 4.78 is 23.5. The summed E-state index contributed by atoms with van der Waals surface area (Å²) in [4.78, 5) is 2.12. The Morgan fingerprint density at radius 2 is 2.11 bits per heavy atom. The number of nitrogens with two attached hydrogens (primary N) is 1. The van der Waals surface area contributed by atoms with Crippen molar-refractivity contribution in [2.75, 3.05) is 37.4 Å². The molecule has 0 aromatic carbocycles. The minimum absolute atomic E-state index is 0.158. The molecule has 18 heavy (non-hydrogen) atoms. The average Bonchev–Trinajstić information content (AvgIpc) is 2.28. The van der Waals surface area contributed by atoms with Crippen molar-refractivity contribution in [3.63, 3.8) is 0 Å². The molecule has 1 fully saturated rings. The van der Waals surface area contributed by atoms with Crippen LogP contribution in [-0.4, -0.2) is 56.1 Å². The molecule has 0 saturated carbocycles. The summed E-state index contributed by atoms with van der Waals surface area (Å²) in [5, 5.41) is -0.294. The van der Waals surface area contributed by atoms with Gasteiger partial charge < -0.3 is 5.73 Å². The zero-order chi connectivity index (χ0) is 13.8. The van der Waals surface area contributed by atoms with Crippen molar-refractivity contribution in [3.8, 4) is 0 Å². The Morgan fingerprint density at radius 3 is 2.67 bits per heavy atom. The highest BCUT2D eigenvalue weighted by Crippen LogP contribution is 2.24. The largest absolute Gasteiger partial charge is 0.330 e. The first-order valence-corrected chi connectivity index (χ1v) is 9.58. The van der Waals surface area contributed by atoms with Crippen LogP contribution in [0.25, 0.3) is 0 Å². The Hall–Kier alpha value is 0.220. The predicted molar refractivity (Wildman–Crippen MR) is 79.6 cm³/mol. The fourth-order valence-corrected chi connectivity index (χ4v) is 5.10. The van der Waals surface area contributed by atoms with E-state index in [4.69, 9.17) is 5.73 Å². The lowest BCUT2D eigenvalue weighted by Gasteiger charge is -2.34. The Balaban J connectivity index is 2.49. The molecule has 1 atom stereocenters. The van der Waals surface area contributed by atoms with E-state index < -0.39 is 9.84 Å². The van der Waals surface area contributed by atoms with E-state index >= 15 is 0 Å². The molecule has 6 heteroatoms. The highest BCUT2D eigenvalue weighted by atomic mass is 32.2. The Bertz CT molecular complexity index is 355. The van der Waals surface area contributed by atoms with Gasteiger partial charge in [-0.3, -0.25) is 4.90 Å². The zero-order valence-corrected chi connectivity index (χ0v) is 13.3. The number of nitrogens with zero attached hydrogens (tertiary/aromatic N) is 1. The van der Waals surface area contributed by atoms with E-state index in [-0.39, 0.29) is 10.8 Å². The fraction of sp³-hybridized carbons (Fsp3) is 1.00. The van der Waals surface area contributed by atoms with Crippen molar-refractivity contribution in [2.45, 2.75) is 32.1 Å². The van der Waals surface area contributed by atoms with Gasteiger partial charge in [0.25, 0.3) is 0 Å². The summed E-state index contributed by atoms with van der Waals surface area (Å²) in [7, 11) is -2.97. The van der Waals surface area contributed by atoms with Crippen LogP contribution in [0.1, 0.15) is 26.7 Å². The van der Waals surface area contributed by atoms with Crippen LogP contribution in [0.5, 0.6) is 0 Å². The van der Waals surface area contributed by atoms with Gasteiger partial charge in [0.05, 0.1) is 0 Å². The molecule has 108 valence electrons. The summed E-state index contributed by atoms with van der Waals surface area (Å²) in [6.07, 6.45) is 3.41. The molecule has 0 bridgehead atoms. The van der Waals surface area contributed by atoms with E-state index in [0.29, 0.717) is 12.3 Å². The Morgan fingerprint density at radius 1 is 1.44 bits per heavy atom. The second-order valence-corrected chi connectivity index (χ2v) is 9.22. The van der Waals surface area contributed by atoms with Gasteiger partial charge >= 0.3 is 0 Å². The summed E-state index contributed by atoms with van der Waals surface area (Å²) in [6, 6.07) is 0. The van der Waals surface area contributed by atoms with Gasteiger partial charge in [0.2, 0.25) is 0 Å². The van der Waals surface area contributed by atoms with Crippen LogP contribution in [0, 0.1) is 5.41 Å². The molecule has 1 rings (SSSR count). The quantitative estimate of drug-likeness (QED) is 0.797. The van der Waals surface area contributed by atoms with Gasteiger partial charge in [-0.05, 0) is 31.3 Å². The molecule has 0 spiro atoms. The van der Waals surface area contributed by atoms with Crippen LogP contribution in [0.3, 0.4) is 0 Å². The van der Waals surface area contributed by atoms with Crippen molar-refractivity contribution < 1.29 is 8.42 Å². The molecular formula is C12H26N2O2S2. The van der Waals surface area contributed by atoms with Gasteiger partial charge in [0.15, 0.2) is 9.84 Å². The van der Waals surface area contributed by atoms with Crippen LogP contribution in [0.2, 0.25) is 0 Å². The van der Waals surface area contributed by atoms with Crippen LogP contribution >= 0.6 is 11.8 Å². The molecule has 0 aromatic heterocycles. The predicted octanol–water partition coefficient (Wildman–Crippen LogP) is 1.17. The lowest BCUT2D eigenvalue weighted by atomic mass is 9.88. The molecule has 1 aliphatic heterocycles. The maximum atomic E-state index is 11.7. The maximum Gasteiger partial charge on any atom is 0.164 e. The van der Waals surface area contributed by atoms with Crippen LogP contribution in [-0.2, 0) is 9.84 Å². The van der Waals surface area contributed by atoms with E-state index in [2.05, 4.69) is 18.7 Å². The van der Waals surface area contributed by atoms with Crippen molar-refractivity contribution >= 4 is 21.6 Å². The Kier molecular flexibility index (Phi) is 5.96. The first-order chi connectivity index (χ1) is 8.26. The summed E-state index contributed by atoms with van der Waals surface area (Å²) in [5.74, 6) is 1.74. The first kappa shape index (κ1) is 16.3. The third kappa shape index (κ3) is 5.07. The molecule has 0 aliphatic carbocycles. The van der Waals surface area contributed by atoms with Crippen molar-refractivity contribution in [3.05, 3.63) is 0 Å². The molecule has 2 N–H and O–H groups in total. The molecule has 1 saturated heterocycles. The number of sulfone groups is 1. The highest BCUT2D eigenvalue weighted by molar-refractivity contribution is 8.00. The minimum Gasteiger partial charge on any atom is -0.330 e. The van der Waals surface area contributed by atoms with Gasteiger partial charge in [0.1, 0.15) is 5.37 Å². The van der Waals surface area contributed by atoms with Crippen LogP contribution < -0.4 is 5.73 Å². The van der Waals surface area contributed by atoms with E-state index in [9.17, 15) is 8.42 Å². The zero-order valence-electron chi connectivity index (χ0n) is 11.7. The molecule has 4 nitrogen and oxygen atoms in total. The number of thioether (sulfide) groups is 1. The topological polar surface area (TPSA) is 63.4 Å². The number of hydrogen-bond donors (Lipinski definition) is 1. The van der Waals surface area contributed by atoms with Gasteiger partial charge in [0, 0.05) is 24.3 Å². The highest BCUT2D eigenvalue weighted by Gasteiger charge is 2.30. The molecule has 1 heterocycles. The third-order valence-corrected chi connectivity index (χ3v) is 6.22. The normalized spacial score (nSPS) is 23.2. The maximum absolute atomic E-state index is 11.7. The van der Waals surface area contributed by atoms with Crippen molar-refractivity contribution in [2.24, 2.45) is 11.1 Å². The van der Waals surface area contributed by atoms with E-state index in [0.717, 1.165) is 31.7 Å². The van der Waals surface area contributed by atoms with Gasteiger partial charge in [-0.25, -0.2) is 8.42 Å². The lowest BCUT2D eigenvalue weighted by Crippen LogP contribution is -2.47. The van der Waals surface area contributed by atoms with Gasteiger partial charge in [-0.1, -0.05) is 13.8 Å². The lowest BCUT2D eigenvalue weighted by molar-refractivity contribution is 0.240. The second-order valence-electron chi connectivity index (χ2n) is 5.87. The third-order valence-electron chi connectivity index (χ3n) is 3.54. The molecular weight excluding hydrogens is 268 g/mol. The number of rotatable bonds is 6. The smallest absolute Gasteiger partial charge is 0.164 e. The van der Waals surface area contributed by atoms with Crippen LogP contribution in [0.4, 0.5) is 0 Å². The summed E-state index contributed by atoms with van der Waals surface area (Å²) >= 11 is 1.74. The fourth-order valence-electron chi connectivity index (χ4n) is 2.13.